The fraction of sp³-hybridized carbons (Fsp3) is 0.529. The Labute approximate surface area is 146 Å². The number of benzene rings is 1. The van der Waals surface area contributed by atoms with Gasteiger partial charge in [-0.25, -0.2) is 4.79 Å². The lowest BCUT2D eigenvalue weighted by Crippen LogP contribution is -2.28. The molecule has 0 spiro atoms. The molecular weight excluding hydrogens is 334 g/mol. The molecule has 1 aliphatic rings. The molecule has 0 aromatic heterocycles. The molecule has 6 nitrogen and oxygen atoms in total. The Bertz CT molecular complexity index is 605. The van der Waals surface area contributed by atoms with Gasteiger partial charge in [0.1, 0.15) is 24.2 Å². The Hall–Kier alpha value is -1.79. The van der Waals surface area contributed by atoms with E-state index in [1.807, 2.05) is 0 Å². The van der Waals surface area contributed by atoms with Crippen molar-refractivity contribution in [1.29, 1.82) is 0 Å². The number of carbonyl (C=O) groups is 1. The number of hydrogen-bond donors (Lipinski definition) is 0. The third kappa shape index (κ3) is 4.61. The van der Waals surface area contributed by atoms with Crippen molar-refractivity contribution in [1.82, 2.24) is 0 Å². The predicted octanol–water partition coefficient (Wildman–Crippen LogP) is 3.20. The van der Waals surface area contributed by atoms with Crippen molar-refractivity contribution in [3.05, 3.63) is 28.8 Å². The number of methoxy groups -OCH3 is 1. The molecule has 1 aromatic carbocycles. The van der Waals surface area contributed by atoms with Crippen molar-refractivity contribution < 1.29 is 23.8 Å². The van der Waals surface area contributed by atoms with Crippen molar-refractivity contribution in [2.45, 2.75) is 38.9 Å². The second-order valence-electron chi connectivity index (χ2n) is 5.41. The maximum Gasteiger partial charge on any atom is 0.346 e. The molecule has 1 heterocycles. The molecule has 0 fully saturated rings. The number of ether oxygens (including phenoxy) is 3. The first-order valence-electron chi connectivity index (χ1n) is 7.92. The molecule has 0 aliphatic carbocycles. The Morgan fingerprint density at radius 3 is 3.00 bits per heavy atom. The molecule has 0 saturated carbocycles. The summed E-state index contributed by atoms with van der Waals surface area (Å²) in [6.45, 7) is 4.68. The van der Waals surface area contributed by atoms with Crippen LogP contribution < -0.4 is 4.74 Å². The van der Waals surface area contributed by atoms with Gasteiger partial charge in [-0.2, -0.15) is 0 Å². The fourth-order valence-corrected chi connectivity index (χ4v) is 2.41. The molecule has 0 saturated heterocycles. The molecule has 0 N–H and O–H groups in total. The quantitative estimate of drug-likeness (QED) is 0.529. The van der Waals surface area contributed by atoms with Crippen LogP contribution in [0.3, 0.4) is 0 Å². The van der Waals surface area contributed by atoms with E-state index in [0.717, 1.165) is 12.8 Å². The number of carbonyl (C=O) groups excluding carboxylic acids is 1. The van der Waals surface area contributed by atoms with Crippen molar-refractivity contribution in [3.8, 4) is 5.75 Å². The summed E-state index contributed by atoms with van der Waals surface area (Å²) in [5, 5.41) is 4.61. The molecule has 2 unspecified atom stereocenters. The monoisotopic (exact) mass is 355 g/mol. The second kappa shape index (κ2) is 8.89. The average Bonchev–Trinajstić information content (AvgIpc) is 3.04. The van der Waals surface area contributed by atoms with Crippen molar-refractivity contribution in [2.75, 3.05) is 20.3 Å². The highest BCUT2D eigenvalue weighted by molar-refractivity contribution is 6.31. The van der Waals surface area contributed by atoms with Gasteiger partial charge in [0.2, 0.25) is 0 Å². The summed E-state index contributed by atoms with van der Waals surface area (Å²) in [5.41, 5.74) is 1.26. The Morgan fingerprint density at radius 1 is 1.50 bits per heavy atom. The lowest BCUT2D eigenvalue weighted by molar-refractivity contribution is -0.147. The number of nitrogens with zero attached hydrogens (tertiary/aromatic N) is 1. The smallest absolute Gasteiger partial charge is 0.346 e. The van der Waals surface area contributed by atoms with E-state index >= 15 is 0 Å². The molecule has 2 atom stereocenters. The number of unbranched alkanes of at least 4 members (excludes halogenated alkanes) is 1. The summed E-state index contributed by atoms with van der Waals surface area (Å²) < 4.78 is 16.2. The summed E-state index contributed by atoms with van der Waals surface area (Å²) in [6, 6.07) is 5.11. The first-order chi connectivity index (χ1) is 11.6. The summed E-state index contributed by atoms with van der Waals surface area (Å²) >= 11 is 6.11. The molecule has 1 aliphatic heterocycles. The molecule has 24 heavy (non-hydrogen) atoms. The standard InChI is InChI=1S/C17H22ClNO5/c1-4-5-8-22-15-10-23-19-16(15)13-9-12(18)6-7-14(13)24-11(2)17(20)21-3/h6-7,9,11,15H,4-5,8,10H2,1-3H3. The predicted molar refractivity (Wildman–Crippen MR) is 90.7 cm³/mol. The minimum atomic E-state index is -0.752. The van der Waals surface area contributed by atoms with Crippen molar-refractivity contribution in [2.24, 2.45) is 5.16 Å². The Morgan fingerprint density at radius 2 is 2.29 bits per heavy atom. The summed E-state index contributed by atoms with van der Waals surface area (Å²) in [4.78, 5) is 16.8. The molecular formula is C17H22ClNO5. The van der Waals surface area contributed by atoms with Crippen LogP contribution in [-0.2, 0) is 19.1 Å². The third-order valence-corrected chi connectivity index (χ3v) is 3.80. The summed E-state index contributed by atoms with van der Waals surface area (Å²) in [6.07, 6.45) is 0.965. The van der Waals surface area contributed by atoms with Crippen LogP contribution in [0.25, 0.3) is 0 Å². The lowest BCUT2D eigenvalue weighted by Gasteiger charge is -2.18. The first kappa shape index (κ1) is 18.5. The van der Waals surface area contributed by atoms with Gasteiger partial charge in [0.15, 0.2) is 6.10 Å². The van der Waals surface area contributed by atoms with Crippen LogP contribution in [0.1, 0.15) is 32.3 Å². The Kier molecular flexibility index (Phi) is 6.87. The van der Waals surface area contributed by atoms with Gasteiger partial charge in [0.25, 0.3) is 0 Å². The minimum absolute atomic E-state index is 0.286. The van der Waals surface area contributed by atoms with Gasteiger partial charge in [-0.1, -0.05) is 30.1 Å². The second-order valence-corrected chi connectivity index (χ2v) is 5.85. The van der Waals surface area contributed by atoms with Gasteiger partial charge in [0, 0.05) is 17.2 Å². The zero-order chi connectivity index (χ0) is 17.5. The third-order valence-electron chi connectivity index (χ3n) is 3.57. The van der Waals surface area contributed by atoms with Crippen LogP contribution in [0.4, 0.5) is 0 Å². The van der Waals surface area contributed by atoms with Gasteiger partial charge in [-0.05, 0) is 31.5 Å². The SMILES string of the molecule is CCCCOC1CON=C1c1cc(Cl)ccc1OC(C)C(=O)OC. The van der Waals surface area contributed by atoms with Gasteiger partial charge < -0.3 is 19.0 Å². The van der Waals surface area contributed by atoms with Crippen LogP contribution in [-0.4, -0.2) is 44.2 Å². The van der Waals surface area contributed by atoms with Crippen molar-refractivity contribution in [3.63, 3.8) is 0 Å². The van der Waals surface area contributed by atoms with Gasteiger partial charge >= 0.3 is 5.97 Å². The van der Waals surface area contributed by atoms with Crippen LogP contribution in [0.2, 0.25) is 5.02 Å². The summed E-state index contributed by atoms with van der Waals surface area (Å²) in [5.74, 6) is 0.0156. The van der Waals surface area contributed by atoms with Gasteiger partial charge in [-0.15, -0.1) is 0 Å². The van der Waals surface area contributed by atoms with Gasteiger partial charge in [0.05, 0.1) is 7.11 Å². The molecule has 0 amide bonds. The zero-order valence-corrected chi connectivity index (χ0v) is 14.8. The van der Waals surface area contributed by atoms with E-state index in [1.54, 1.807) is 25.1 Å². The number of rotatable bonds is 8. The summed E-state index contributed by atoms with van der Waals surface area (Å²) in [7, 11) is 1.32. The number of halogens is 1. The average molecular weight is 356 g/mol. The number of oxime groups is 1. The molecule has 132 valence electrons. The van der Waals surface area contributed by atoms with E-state index in [-0.39, 0.29) is 6.10 Å². The topological polar surface area (TPSA) is 66.3 Å². The minimum Gasteiger partial charge on any atom is -0.478 e. The normalized spacial score (nSPS) is 17.8. The first-order valence-corrected chi connectivity index (χ1v) is 8.30. The zero-order valence-electron chi connectivity index (χ0n) is 14.1. The number of esters is 1. The highest BCUT2D eigenvalue weighted by atomic mass is 35.5. The van der Waals surface area contributed by atoms with E-state index in [0.29, 0.717) is 35.3 Å². The lowest BCUT2D eigenvalue weighted by atomic mass is 10.0. The molecule has 0 radical (unpaired) electrons. The van der Waals surface area contributed by atoms with Crippen LogP contribution in [0, 0.1) is 0 Å². The largest absolute Gasteiger partial charge is 0.478 e. The van der Waals surface area contributed by atoms with Gasteiger partial charge in [-0.3, -0.25) is 0 Å². The van der Waals surface area contributed by atoms with E-state index in [9.17, 15) is 4.79 Å². The van der Waals surface area contributed by atoms with E-state index in [4.69, 9.17) is 30.6 Å². The molecule has 0 bridgehead atoms. The Balaban J connectivity index is 2.21. The van der Waals surface area contributed by atoms with Crippen molar-refractivity contribution >= 4 is 23.3 Å². The van der Waals surface area contributed by atoms with Crippen LogP contribution in [0.15, 0.2) is 23.4 Å². The van der Waals surface area contributed by atoms with E-state index in [1.165, 1.54) is 7.11 Å². The van der Waals surface area contributed by atoms with E-state index in [2.05, 4.69) is 12.1 Å². The highest BCUT2D eigenvalue weighted by Gasteiger charge is 2.29. The molecule has 7 heteroatoms. The highest BCUT2D eigenvalue weighted by Crippen LogP contribution is 2.28. The molecule has 1 aromatic rings. The van der Waals surface area contributed by atoms with Crippen LogP contribution >= 0.6 is 11.6 Å². The maximum atomic E-state index is 11.6. The molecule has 2 rings (SSSR count). The maximum absolute atomic E-state index is 11.6. The van der Waals surface area contributed by atoms with E-state index < -0.39 is 12.1 Å². The fourth-order valence-electron chi connectivity index (χ4n) is 2.24. The number of hydrogen-bond acceptors (Lipinski definition) is 6. The van der Waals surface area contributed by atoms with Crippen LogP contribution in [0.5, 0.6) is 5.75 Å².